The van der Waals surface area contributed by atoms with Crippen molar-refractivity contribution in [2.75, 3.05) is 0 Å². The Morgan fingerprint density at radius 3 is 2.04 bits per heavy atom. The van der Waals surface area contributed by atoms with Gasteiger partial charge in [0.15, 0.2) is 0 Å². The molecule has 3 heteroatoms. The maximum absolute atomic E-state index is 5.47. The van der Waals surface area contributed by atoms with Gasteiger partial charge in [-0.15, -0.1) is 0 Å². The second-order valence-electron chi connectivity index (χ2n) is 8.59. The SMILES string of the molecule is CC1=C(C)[CH]([Zr]([CH]2C(C)=C(c3ccoc3)c3ccccc32)=[Si](C)C)C(C)=C1C. The van der Waals surface area contributed by atoms with Crippen molar-refractivity contribution in [2.24, 2.45) is 0 Å². The van der Waals surface area contributed by atoms with E-state index in [9.17, 15) is 0 Å². The Morgan fingerprint density at radius 1 is 0.821 bits per heavy atom. The summed E-state index contributed by atoms with van der Waals surface area (Å²) in [5.41, 5.74) is 13.5. The molecule has 1 aromatic heterocycles. The molecule has 0 N–H and O–H groups in total. The minimum atomic E-state index is -1.89. The number of allylic oxidation sites excluding steroid dienone is 5. The van der Waals surface area contributed by atoms with Gasteiger partial charge in [0, 0.05) is 0 Å². The van der Waals surface area contributed by atoms with Gasteiger partial charge in [-0.1, -0.05) is 0 Å². The van der Waals surface area contributed by atoms with Crippen molar-refractivity contribution >= 4 is 11.0 Å². The predicted octanol–water partition coefficient (Wildman–Crippen LogP) is 7.50. The molecule has 1 unspecified atom stereocenters. The molecule has 0 aliphatic heterocycles. The Balaban J connectivity index is 1.96. The quantitative estimate of drug-likeness (QED) is 0.428. The fourth-order valence-electron chi connectivity index (χ4n) is 5.32. The summed E-state index contributed by atoms with van der Waals surface area (Å²) >= 11 is -1.89. The van der Waals surface area contributed by atoms with Crippen LogP contribution in [0.25, 0.3) is 5.57 Å². The van der Waals surface area contributed by atoms with Crippen LogP contribution in [-0.4, -0.2) is 5.43 Å². The molecule has 2 aliphatic carbocycles. The van der Waals surface area contributed by atoms with Gasteiger partial charge in [-0.2, -0.15) is 0 Å². The van der Waals surface area contributed by atoms with Gasteiger partial charge in [0.05, 0.1) is 0 Å². The molecule has 0 radical (unpaired) electrons. The molecular formula is C25H30OSiZr. The van der Waals surface area contributed by atoms with Crippen LogP contribution in [0.15, 0.2) is 75.1 Å². The summed E-state index contributed by atoms with van der Waals surface area (Å²) < 4.78 is 6.92. The first kappa shape index (κ1) is 20.1. The van der Waals surface area contributed by atoms with Crippen LogP contribution in [0.1, 0.15) is 54.9 Å². The second kappa shape index (κ2) is 7.58. The molecular weight excluding hydrogens is 436 g/mol. The molecule has 2 aromatic rings. The molecule has 0 amide bonds. The molecule has 0 saturated carbocycles. The summed E-state index contributed by atoms with van der Waals surface area (Å²) in [6, 6.07) is 11.3. The van der Waals surface area contributed by atoms with Gasteiger partial charge >= 0.3 is 178 Å². The van der Waals surface area contributed by atoms with Gasteiger partial charge in [-0.25, -0.2) is 0 Å². The molecule has 0 bridgehead atoms. The van der Waals surface area contributed by atoms with Crippen LogP contribution >= 0.6 is 0 Å². The summed E-state index contributed by atoms with van der Waals surface area (Å²) in [7, 11) is 0. The summed E-state index contributed by atoms with van der Waals surface area (Å²) in [5, 5.41) is 0. The molecule has 1 atom stereocenters. The number of furan rings is 1. The van der Waals surface area contributed by atoms with Gasteiger partial charge in [0.1, 0.15) is 0 Å². The van der Waals surface area contributed by atoms with E-state index in [0.29, 0.717) is 3.63 Å². The van der Waals surface area contributed by atoms with Crippen molar-refractivity contribution in [1.82, 2.24) is 0 Å². The average Bonchev–Trinajstić information content (AvgIpc) is 3.33. The first-order valence-corrected chi connectivity index (χ1v) is 19.2. The van der Waals surface area contributed by atoms with Crippen molar-refractivity contribution in [3.05, 3.63) is 87.4 Å². The van der Waals surface area contributed by atoms with E-state index in [4.69, 9.17) is 4.42 Å². The topological polar surface area (TPSA) is 13.1 Å². The van der Waals surface area contributed by atoms with Gasteiger partial charge in [0.25, 0.3) is 0 Å². The van der Waals surface area contributed by atoms with Crippen molar-refractivity contribution in [1.29, 1.82) is 0 Å². The van der Waals surface area contributed by atoms with Crippen LogP contribution in [0.4, 0.5) is 0 Å². The fraction of sp³-hybridized carbons (Fsp3) is 0.360. The zero-order valence-corrected chi connectivity index (χ0v) is 21.6. The van der Waals surface area contributed by atoms with E-state index in [0.717, 1.165) is 3.63 Å². The Labute approximate surface area is 177 Å². The van der Waals surface area contributed by atoms with Crippen LogP contribution in [0, 0.1) is 0 Å². The number of fused-ring (bicyclic) bond motifs is 1. The molecule has 1 heterocycles. The fourth-order valence-corrected chi connectivity index (χ4v) is 26.9. The van der Waals surface area contributed by atoms with Crippen molar-refractivity contribution in [2.45, 2.75) is 55.0 Å². The van der Waals surface area contributed by atoms with Crippen LogP contribution < -0.4 is 0 Å². The Morgan fingerprint density at radius 2 is 1.46 bits per heavy atom. The van der Waals surface area contributed by atoms with E-state index in [-0.39, 0.29) is 5.43 Å². The molecule has 0 fully saturated rings. The van der Waals surface area contributed by atoms with Crippen molar-refractivity contribution in [3.8, 4) is 0 Å². The van der Waals surface area contributed by atoms with E-state index >= 15 is 0 Å². The standard InChI is InChI=1S/C14H11O.C9H13.C2H6Si.Zr/c1-10-8-11-4-2-3-5-13(11)14(10)12-6-7-15-9-12;1-6-5-7(2)9(4)8(6)3;1-3-2;/h2-9H,1H3;5H,1-4H3;1-2H3;. The van der Waals surface area contributed by atoms with Crippen molar-refractivity contribution < 1.29 is 24.8 Å². The van der Waals surface area contributed by atoms with Crippen molar-refractivity contribution in [3.63, 3.8) is 0 Å². The van der Waals surface area contributed by atoms with Crippen LogP contribution in [0.3, 0.4) is 0 Å². The van der Waals surface area contributed by atoms with E-state index in [1.807, 2.05) is 12.5 Å². The summed E-state index contributed by atoms with van der Waals surface area (Å²) in [5.74, 6) is 0. The zero-order valence-electron chi connectivity index (χ0n) is 18.1. The van der Waals surface area contributed by atoms with Crippen LogP contribution in [0.5, 0.6) is 0 Å². The van der Waals surface area contributed by atoms with E-state index < -0.39 is 20.4 Å². The van der Waals surface area contributed by atoms with E-state index in [1.165, 1.54) is 16.7 Å². The van der Waals surface area contributed by atoms with Crippen LogP contribution in [0.2, 0.25) is 16.7 Å². The second-order valence-corrected chi connectivity index (χ2v) is 26.5. The third-order valence-electron chi connectivity index (χ3n) is 6.99. The molecule has 0 spiro atoms. The first-order valence-electron chi connectivity index (χ1n) is 10.2. The Hall–Kier alpha value is -1.18. The minimum absolute atomic E-state index is 0.345. The number of benzene rings is 1. The third kappa shape index (κ3) is 2.97. The number of hydrogen-bond donors (Lipinski definition) is 0. The normalized spacial score (nSPS) is 19.8. The average molecular weight is 466 g/mol. The third-order valence-corrected chi connectivity index (χ3v) is 27.1. The number of hydrogen-bond acceptors (Lipinski definition) is 1. The van der Waals surface area contributed by atoms with Gasteiger partial charge in [0.2, 0.25) is 0 Å². The molecule has 28 heavy (non-hydrogen) atoms. The Bertz CT molecular complexity index is 1050. The first-order chi connectivity index (χ1) is 13.3. The van der Waals surface area contributed by atoms with Gasteiger partial charge < -0.3 is 0 Å². The molecule has 144 valence electrons. The summed E-state index contributed by atoms with van der Waals surface area (Å²) in [6.45, 7) is 17.1. The zero-order chi connectivity index (χ0) is 20.2. The molecule has 1 nitrogen and oxygen atoms in total. The monoisotopic (exact) mass is 464 g/mol. The van der Waals surface area contributed by atoms with Crippen LogP contribution in [-0.2, 0) is 20.4 Å². The molecule has 4 rings (SSSR count). The van der Waals surface area contributed by atoms with E-state index in [2.05, 4.69) is 78.0 Å². The summed E-state index contributed by atoms with van der Waals surface area (Å²) in [6.07, 6.45) is 3.73. The number of rotatable bonds is 3. The van der Waals surface area contributed by atoms with E-state index in [1.54, 1.807) is 33.4 Å². The Kier molecular flexibility index (Phi) is 5.44. The summed E-state index contributed by atoms with van der Waals surface area (Å²) in [4.78, 5) is 0. The predicted molar refractivity (Wildman–Crippen MR) is 118 cm³/mol. The van der Waals surface area contributed by atoms with Gasteiger partial charge in [-0.3, -0.25) is 0 Å². The molecule has 2 aliphatic rings. The van der Waals surface area contributed by atoms with Gasteiger partial charge in [-0.05, 0) is 0 Å². The molecule has 1 aromatic carbocycles. The maximum atomic E-state index is 5.47. The molecule has 0 saturated heterocycles.